The summed E-state index contributed by atoms with van der Waals surface area (Å²) in [5.74, 6) is 0.522. The molecule has 1 atom stereocenters. The highest BCUT2D eigenvalue weighted by molar-refractivity contribution is 5.95. The van der Waals surface area contributed by atoms with Gasteiger partial charge in [-0.1, -0.05) is 44.2 Å². The quantitative estimate of drug-likeness (QED) is 0.0466. The third-order valence-electron chi connectivity index (χ3n) is 10.6. The number of amides is 1. The number of aromatic nitrogens is 1. The Balaban J connectivity index is 1.08. The van der Waals surface area contributed by atoms with Gasteiger partial charge < -0.3 is 44.5 Å². The number of piperidine rings is 1. The van der Waals surface area contributed by atoms with Crippen molar-refractivity contribution in [3.63, 3.8) is 0 Å². The molecule has 59 heavy (non-hydrogen) atoms. The molecule has 3 N–H and O–H groups in total. The number of carbonyl (C=O) groups excluding carboxylic acids is 2. The van der Waals surface area contributed by atoms with Crippen LogP contribution in [0.1, 0.15) is 98.7 Å². The molecule has 1 aliphatic rings. The molecule has 1 fully saturated rings. The molecule has 1 saturated heterocycles. The van der Waals surface area contributed by atoms with Gasteiger partial charge in [0.15, 0.2) is 0 Å². The fraction of sp³-hybridized carbons (Fsp3) is 0.511. The van der Waals surface area contributed by atoms with Crippen LogP contribution in [0, 0.1) is 0 Å². The first-order valence-electron chi connectivity index (χ1n) is 21.2. The molecule has 0 radical (unpaired) electrons. The Kier molecular flexibility index (Phi) is 21.0. The van der Waals surface area contributed by atoms with Crippen LogP contribution in [0.4, 0.5) is 5.69 Å². The van der Waals surface area contributed by atoms with Gasteiger partial charge in [-0.25, -0.2) is 0 Å². The van der Waals surface area contributed by atoms with E-state index in [0.717, 1.165) is 111 Å². The fourth-order valence-corrected chi connectivity index (χ4v) is 6.80. The number of nitrogens with zero attached hydrogens (tertiary/aromatic N) is 2. The minimum absolute atomic E-state index is 0.139. The van der Waals surface area contributed by atoms with Gasteiger partial charge in [-0.3, -0.25) is 14.6 Å². The molecule has 12 heteroatoms. The second kappa shape index (κ2) is 26.4. The van der Waals surface area contributed by atoms with Crippen molar-refractivity contribution in [2.75, 3.05) is 78.8 Å². The van der Waals surface area contributed by atoms with Crippen molar-refractivity contribution in [1.82, 2.24) is 20.5 Å². The van der Waals surface area contributed by atoms with Crippen molar-refractivity contribution < 1.29 is 33.3 Å². The second-order valence-corrected chi connectivity index (χ2v) is 15.2. The average Bonchev–Trinajstić information content (AvgIpc) is 3.25. The van der Waals surface area contributed by atoms with E-state index in [1.807, 2.05) is 67.6 Å². The molecule has 1 amide bonds. The molecule has 2 aromatic carbocycles. The van der Waals surface area contributed by atoms with Crippen molar-refractivity contribution >= 4 is 23.3 Å². The van der Waals surface area contributed by atoms with Gasteiger partial charge in [0, 0.05) is 73.3 Å². The molecule has 1 unspecified atom stereocenters. The van der Waals surface area contributed by atoms with Gasteiger partial charge in [0.25, 0.3) is 5.91 Å². The van der Waals surface area contributed by atoms with Crippen LogP contribution in [-0.4, -0.2) is 101 Å². The van der Waals surface area contributed by atoms with Crippen molar-refractivity contribution in [1.29, 1.82) is 0 Å². The van der Waals surface area contributed by atoms with Crippen LogP contribution in [0.5, 0.6) is 5.75 Å². The summed E-state index contributed by atoms with van der Waals surface area (Å²) in [6, 6.07) is 19.3. The second-order valence-electron chi connectivity index (χ2n) is 15.2. The molecule has 12 nitrogen and oxygen atoms in total. The number of hydrogen-bond donors (Lipinski definition) is 3. The number of benzene rings is 2. The van der Waals surface area contributed by atoms with Crippen LogP contribution < -0.4 is 20.7 Å². The third kappa shape index (κ3) is 17.2. The number of likely N-dealkylation sites (tertiary alicyclic amines) is 1. The van der Waals surface area contributed by atoms with E-state index in [4.69, 9.17) is 18.9 Å². The van der Waals surface area contributed by atoms with E-state index >= 15 is 0 Å². The fourth-order valence-electron chi connectivity index (χ4n) is 6.80. The molecular formula is C47H67N5O7. The van der Waals surface area contributed by atoms with Crippen LogP contribution in [0.25, 0.3) is 5.70 Å². The summed E-state index contributed by atoms with van der Waals surface area (Å²) >= 11 is 0. The molecule has 0 bridgehead atoms. The Morgan fingerprint density at radius 3 is 2.03 bits per heavy atom. The Morgan fingerprint density at radius 2 is 1.39 bits per heavy atom. The lowest BCUT2D eigenvalue weighted by Crippen LogP contribution is -2.52. The van der Waals surface area contributed by atoms with Gasteiger partial charge in [-0.2, -0.15) is 0 Å². The monoisotopic (exact) mass is 814 g/mol. The zero-order chi connectivity index (χ0) is 42.1. The Labute approximate surface area is 352 Å². The highest BCUT2D eigenvalue weighted by Gasteiger charge is 2.37. The van der Waals surface area contributed by atoms with Gasteiger partial charge in [0.1, 0.15) is 5.75 Å². The van der Waals surface area contributed by atoms with E-state index in [0.29, 0.717) is 51.6 Å². The van der Waals surface area contributed by atoms with Crippen LogP contribution >= 0.6 is 0 Å². The molecule has 4 rings (SSSR count). The first-order chi connectivity index (χ1) is 28.7. The normalized spacial score (nSPS) is 14.2. The highest BCUT2D eigenvalue weighted by atomic mass is 16.5. The van der Waals surface area contributed by atoms with Crippen LogP contribution in [0.2, 0.25) is 0 Å². The molecule has 2 heterocycles. The smallest absolute Gasteiger partial charge is 0.305 e. The van der Waals surface area contributed by atoms with Crippen molar-refractivity contribution in [2.45, 2.75) is 82.7 Å². The predicted molar refractivity (Wildman–Crippen MR) is 234 cm³/mol. The number of nitrogens with one attached hydrogen (secondary N) is 3. The van der Waals surface area contributed by atoms with Gasteiger partial charge >= 0.3 is 5.97 Å². The Hall–Kier alpha value is -4.75. The first kappa shape index (κ1) is 46.9. The summed E-state index contributed by atoms with van der Waals surface area (Å²) in [7, 11) is 3.55. The van der Waals surface area contributed by atoms with E-state index in [9.17, 15) is 9.59 Å². The standard InChI is InChI=1S/C47H67N5O7/c1-37(41-21-25-48-26-22-41)49-39(3)47(23-27-52(4)28-24-47)51-43-15-13-14-42(36-43)46(54)50-38(2)40-17-19-44(20-18-40)59-31-12-7-6-10-29-56-32-34-58-35-33-57-30-11-8-9-16-45(53)55-5/h13-15,17-22,25-26,36,38,49,51H,1,3,6-12,16,23-24,27-35H2,2,4-5H3,(H,50,54). The Bertz CT molecular complexity index is 1700. The van der Waals surface area contributed by atoms with E-state index in [-0.39, 0.29) is 17.9 Å². The zero-order valence-electron chi connectivity index (χ0n) is 35.6. The number of rotatable bonds is 29. The number of methoxy groups -OCH3 is 1. The number of ether oxygens (including phenoxy) is 5. The predicted octanol–water partition coefficient (Wildman–Crippen LogP) is 7.95. The minimum atomic E-state index is -0.422. The van der Waals surface area contributed by atoms with Crippen molar-refractivity contribution in [3.8, 4) is 5.75 Å². The summed E-state index contributed by atoms with van der Waals surface area (Å²) in [5.41, 5.74) is 4.60. The van der Waals surface area contributed by atoms with Gasteiger partial charge in [-0.15, -0.1) is 0 Å². The summed E-state index contributed by atoms with van der Waals surface area (Å²) in [5, 5.41) is 10.4. The largest absolute Gasteiger partial charge is 0.494 e. The maximum Gasteiger partial charge on any atom is 0.305 e. The molecule has 1 aromatic heterocycles. The first-order valence-corrected chi connectivity index (χ1v) is 21.2. The number of esters is 1. The van der Waals surface area contributed by atoms with Crippen LogP contribution in [0.3, 0.4) is 0 Å². The maximum atomic E-state index is 13.5. The Morgan fingerprint density at radius 1 is 0.780 bits per heavy atom. The number of hydrogen-bond acceptors (Lipinski definition) is 11. The third-order valence-corrected chi connectivity index (χ3v) is 10.6. The molecule has 0 aliphatic carbocycles. The number of carbonyl (C=O) groups is 2. The van der Waals surface area contributed by atoms with Crippen LogP contribution in [0.15, 0.2) is 91.9 Å². The van der Waals surface area contributed by atoms with Crippen molar-refractivity contribution in [3.05, 3.63) is 109 Å². The summed E-state index contributed by atoms with van der Waals surface area (Å²) in [6.07, 6.45) is 12.5. The molecule has 0 spiro atoms. The van der Waals surface area contributed by atoms with E-state index in [1.54, 1.807) is 12.4 Å². The lowest BCUT2D eigenvalue weighted by molar-refractivity contribution is -0.140. The molecular weight excluding hydrogens is 747 g/mol. The van der Waals surface area contributed by atoms with Gasteiger partial charge in [0.05, 0.1) is 51.7 Å². The lowest BCUT2D eigenvalue weighted by Gasteiger charge is -2.43. The molecule has 322 valence electrons. The van der Waals surface area contributed by atoms with E-state index < -0.39 is 5.54 Å². The summed E-state index contributed by atoms with van der Waals surface area (Å²) < 4.78 is 27.4. The van der Waals surface area contributed by atoms with E-state index in [1.165, 1.54) is 7.11 Å². The number of unbranched alkanes of at least 4 members (excludes halogenated alkanes) is 5. The summed E-state index contributed by atoms with van der Waals surface area (Å²) in [4.78, 5) is 31.0. The number of pyridine rings is 1. The van der Waals surface area contributed by atoms with Crippen LogP contribution in [-0.2, 0) is 23.7 Å². The SMILES string of the molecule is C=C(NC(=C)C1(Nc2cccc(C(=O)NC(C)c3ccc(OCCCCCCOCCOCCOCCCCCC(=O)OC)cc3)c2)CCN(C)CC1)c1ccncc1. The minimum Gasteiger partial charge on any atom is -0.494 e. The van der Waals surface area contributed by atoms with Gasteiger partial charge in [0.2, 0.25) is 0 Å². The molecule has 1 aliphatic heterocycles. The van der Waals surface area contributed by atoms with Gasteiger partial charge in [-0.05, 0) is 107 Å². The summed E-state index contributed by atoms with van der Waals surface area (Å²) in [6.45, 7) is 16.8. The maximum absolute atomic E-state index is 13.5. The average molecular weight is 814 g/mol. The topological polar surface area (TPSA) is 133 Å². The molecule has 3 aromatic rings. The molecule has 0 saturated carbocycles. The zero-order valence-corrected chi connectivity index (χ0v) is 35.6. The van der Waals surface area contributed by atoms with E-state index in [2.05, 4.69) is 50.8 Å². The van der Waals surface area contributed by atoms with Crippen molar-refractivity contribution in [2.24, 2.45) is 0 Å². The number of anilines is 1. The lowest BCUT2D eigenvalue weighted by atomic mass is 9.84. The highest BCUT2D eigenvalue weighted by Crippen LogP contribution is 2.33.